The Morgan fingerprint density at radius 2 is 1.75 bits per heavy atom. The second-order valence-corrected chi connectivity index (χ2v) is 10.8. The molecule has 4 aromatic rings. The topological polar surface area (TPSA) is 38.5 Å². The molecule has 0 bridgehead atoms. The van der Waals surface area contributed by atoms with Crippen LogP contribution in [0, 0.1) is 13.8 Å². The third kappa shape index (κ3) is 4.26. The van der Waals surface area contributed by atoms with Crippen LogP contribution in [0.15, 0.2) is 71.5 Å². The van der Waals surface area contributed by atoms with Gasteiger partial charge in [-0.1, -0.05) is 53.5 Å². The van der Waals surface area contributed by atoms with Gasteiger partial charge in [0.1, 0.15) is 11.9 Å². The highest BCUT2D eigenvalue weighted by molar-refractivity contribution is 6.34. The summed E-state index contributed by atoms with van der Waals surface area (Å²) in [4.78, 5) is 7.23. The Morgan fingerprint density at radius 3 is 2.42 bits per heavy atom. The lowest BCUT2D eigenvalue weighted by Gasteiger charge is -2.39. The summed E-state index contributed by atoms with van der Waals surface area (Å²) < 4.78 is 12.4. The summed E-state index contributed by atoms with van der Waals surface area (Å²) in [6.07, 6.45) is 5.47. The molecule has 2 aromatic carbocycles. The lowest BCUT2D eigenvalue weighted by Crippen LogP contribution is -2.42. The third-order valence-corrected chi connectivity index (χ3v) is 8.02. The fourth-order valence-corrected chi connectivity index (χ4v) is 6.37. The molecule has 6 rings (SSSR count). The number of furan rings is 1. The van der Waals surface area contributed by atoms with Crippen molar-refractivity contribution in [2.24, 2.45) is 0 Å². The Kier molecular flexibility index (Phi) is 6.17. The standard InChI is InChI=1S/C30H28Cl2N2O2/c1-19-18-35-20(2)28(19)21-7-8-25(33-16-21)17-34-11-9-30(10-12-34)27-6-4-3-5-26(27)29(36-30)22-13-23(31)15-24(32)14-22/h3-8,13-16,18,29H,9-12,17H2,1-2H3. The Bertz CT molecular complexity index is 1370. The van der Waals surface area contributed by atoms with Crippen LogP contribution >= 0.6 is 23.2 Å². The molecule has 0 N–H and O–H groups in total. The highest BCUT2D eigenvalue weighted by atomic mass is 35.5. The predicted octanol–water partition coefficient (Wildman–Crippen LogP) is 7.88. The van der Waals surface area contributed by atoms with E-state index in [1.54, 1.807) is 12.3 Å². The van der Waals surface area contributed by atoms with E-state index in [2.05, 4.69) is 48.2 Å². The van der Waals surface area contributed by atoms with Gasteiger partial charge in [-0.05, 0) is 73.2 Å². The minimum Gasteiger partial charge on any atom is -0.469 e. The van der Waals surface area contributed by atoms with Crippen LogP contribution in [0.1, 0.15) is 52.7 Å². The molecule has 1 spiro atoms. The van der Waals surface area contributed by atoms with Crippen LogP contribution in [0.3, 0.4) is 0 Å². The molecule has 6 heteroatoms. The number of pyridine rings is 1. The van der Waals surface area contributed by atoms with E-state index in [1.807, 2.05) is 25.3 Å². The second-order valence-electron chi connectivity index (χ2n) is 9.95. The first-order chi connectivity index (χ1) is 17.4. The Hall–Kier alpha value is -2.63. The van der Waals surface area contributed by atoms with Crippen LogP contribution < -0.4 is 0 Å². The van der Waals surface area contributed by atoms with Crippen LogP contribution in [0.25, 0.3) is 11.1 Å². The summed E-state index contributed by atoms with van der Waals surface area (Å²) in [7, 11) is 0. The van der Waals surface area contributed by atoms with Crippen LogP contribution in [0.4, 0.5) is 0 Å². The molecule has 0 saturated carbocycles. The van der Waals surface area contributed by atoms with Crippen LogP contribution in [-0.4, -0.2) is 23.0 Å². The number of rotatable bonds is 4. The van der Waals surface area contributed by atoms with Gasteiger partial charge in [0.05, 0.1) is 17.6 Å². The van der Waals surface area contributed by atoms with E-state index >= 15 is 0 Å². The van der Waals surface area contributed by atoms with Gasteiger partial charge in [0.2, 0.25) is 0 Å². The minimum absolute atomic E-state index is 0.159. The van der Waals surface area contributed by atoms with E-state index in [9.17, 15) is 0 Å². The molecule has 2 aliphatic rings. The van der Waals surface area contributed by atoms with Gasteiger partial charge >= 0.3 is 0 Å². The maximum absolute atomic E-state index is 6.87. The SMILES string of the molecule is Cc1coc(C)c1-c1ccc(CN2CCC3(CC2)OC(c2cc(Cl)cc(Cl)c2)c2ccccc23)nc1. The molecule has 1 fully saturated rings. The Balaban J connectivity index is 1.17. The zero-order chi connectivity index (χ0) is 24.9. The van der Waals surface area contributed by atoms with E-state index in [4.69, 9.17) is 37.3 Å². The molecular weight excluding hydrogens is 491 g/mol. The number of likely N-dealkylation sites (tertiary alicyclic amines) is 1. The van der Waals surface area contributed by atoms with Crippen LogP contribution in [0.5, 0.6) is 0 Å². The van der Waals surface area contributed by atoms with Crippen molar-refractivity contribution in [2.45, 2.75) is 44.9 Å². The molecule has 4 nitrogen and oxygen atoms in total. The van der Waals surface area contributed by atoms with Crippen molar-refractivity contribution < 1.29 is 9.15 Å². The number of benzene rings is 2. The van der Waals surface area contributed by atoms with E-state index in [1.165, 1.54) is 11.1 Å². The lowest BCUT2D eigenvalue weighted by atomic mass is 9.83. The molecule has 36 heavy (non-hydrogen) atoms. The number of fused-ring (bicyclic) bond motifs is 2. The number of ether oxygens (including phenoxy) is 1. The molecule has 1 atom stereocenters. The summed E-state index contributed by atoms with van der Waals surface area (Å²) in [5.74, 6) is 0.929. The number of halogens is 2. The fourth-order valence-electron chi connectivity index (χ4n) is 5.83. The Morgan fingerprint density at radius 1 is 1.00 bits per heavy atom. The molecule has 184 valence electrons. The van der Waals surface area contributed by atoms with Crippen molar-refractivity contribution >= 4 is 23.2 Å². The van der Waals surface area contributed by atoms with Gasteiger partial charge in [-0.15, -0.1) is 0 Å². The van der Waals surface area contributed by atoms with Gasteiger partial charge in [0.25, 0.3) is 0 Å². The summed E-state index contributed by atoms with van der Waals surface area (Å²) in [5, 5.41) is 1.26. The molecule has 0 amide bonds. The first kappa shape index (κ1) is 23.7. The van der Waals surface area contributed by atoms with Crippen LogP contribution in [-0.2, 0) is 16.9 Å². The molecule has 4 heterocycles. The van der Waals surface area contributed by atoms with Crippen molar-refractivity contribution in [3.8, 4) is 11.1 Å². The Labute approximate surface area is 221 Å². The number of hydrogen-bond donors (Lipinski definition) is 0. The van der Waals surface area contributed by atoms with E-state index < -0.39 is 0 Å². The van der Waals surface area contributed by atoms with Gasteiger partial charge in [-0.25, -0.2) is 0 Å². The van der Waals surface area contributed by atoms with E-state index in [-0.39, 0.29) is 11.7 Å². The first-order valence-electron chi connectivity index (χ1n) is 12.4. The van der Waals surface area contributed by atoms with Gasteiger partial charge in [0, 0.05) is 47.0 Å². The minimum atomic E-state index is -0.291. The predicted molar refractivity (Wildman–Crippen MR) is 143 cm³/mol. The quantitative estimate of drug-likeness (QED) is 0.275. The number of nitrogens with zero attached hydrogens (tertiary/aromatic N) is 2. The largest absolute Gasteiger partial charge is 0.469 e. The average Bonchev–Trinajstić information content (AvgIpc) is 3.38. The normalized spacial score (nSPS) is 19.1. The number of aromatic nitrogens is 1. The molecule has 0 aliphatic carbocycles. The second kappa shape index (κ2) is 9.35. The summed E-state index contributed by atoms with van der Waals surface area (Å²) in [6, 6.07) is 18.6. The molecular formula is C30H28Cl2N2O2. The maximum Gasteiger partial charge on any atom is 0.109 e. The number of aryl methyl sites for hydroxylation is 2. The molecule has 2 aromatic heterocycles. The molecule has 1 unspecified atom stereocenters. The van der Waals surface area contributed by atoms with Crippen molar-refractivity contribution in [3.63, 3.8) is 0 Å². The van der Waals surface area contributed by atoms with Crippen molar-refractivity contribution in [1.29, 1.82) is 0 Å². The summed E-state index contributed by atoms with van der Waals surface area (Å²) in [5.41, 5.74) is 7.67. The monoisotopic (exact) mass is 518 g/mol. The molecule has 0 radical (unpaired) electrons. The van der Waals surface area contributed by atoms with Crippen molar-refractivity contribution in [1.82, 2.24) is 9.88 Å². The van der Waals surface area contributed by atoms with Crippen molar-refractivity contribution in [3.05, 3.63) is 111 Å². The van der Waals surface area contributed by atoms with E-state index in [0.717, 1.165) is 66.2 Å². The highest BCUT2D eigenvalue weighted by Gasteiger charge is 2.47. The maximum atomic E-state index is 6.87. The molecule has 1 saturated heterocycles. The smallest absolute Gasteiger partial charge is 0.109 e. The summed E-state index contributed by atoms with van der Waals surface area (Å²) >= 11 is 12.7. The van der Waals surface area contributed by atoms with Gasteiger partial charge in [0.15, 0.2) is 0 Å². The fraction of sp³-hybridized carbons (Fsp3) is 0.300. The molecule has 2 aliphatic heterocycles. The van der Waals surface area contributed by atoms with Crippen molar-refractivity contribution in [2.75, 3.05) is 13.1 Å². The number of piperidine rings is 1. The van der Waals surface area contributed by atoms with Crippen LogP contribution in [0.2, 0.25) is 10.0 Å². The zero-order valence-corrected chi connectivity index (χ0v) is 21.9. The lowest BCUT2D eigenvalue weighted by molar-refractivity contribution is -0.0979. The summed E-state index contributed by atoms with van der Waals surface area (Å²) in [6.45, 7) is 6.78. The van der Waals surface area contributed by atoms with Gasteiger partial charge in [-0.3, -0.25) is 9.88 Å². The first-order valence-corrected chi connectivity index (χ1v) is 13.1. The van der Waals surface area contributed by atoms with E-state index in [0.29, 0.717) is 10.0 Å². The zero-order valence-electron chi connectivity index (χ0n) is 20.4. The third-order valence-electron chi connectivity index (χ3n) is 7.59. The number of hydrogen-bond acceptors (Lipinski definition) is 4. The van der Waals surface area contributed by atoms with Gasteiger partial charge in [-0.2, -0.15) is 0 Å². The average molecular weight is 519 g/mol. The van der Waals surface area contributed by atoms with Gasteiger partial charge < -0.3 is 9.15 Å². The highest BCUT2D eigenvalue weighted by Crippen LogP contribution is 2.51.